The van der Waals surface area contributed by atoms with E-state index >= 15 is 0 Å². The Bertz CT molecular complexity index is 599. The Balaban J connectivity index is 1.83. The van der Waals surface area contributed by atoms with Gasteiger partial charge in [-0.15, -0.1) is 0 Å². The zero-order valence-corrected chi connectivity index (χ0v) is 11.3. The number of aliphatic hydroxyl groups excluding tert-OH is 1. The van der Waals surface area contributed by atoms with Gasteiger partial charge >= 0.3 is 0 Å². The fourth-order valence-electron chi connectivity index (χ4n) is 2.80. The summed E-state index contributed by atoms with van der Waals surface area (Å²) in [5, 5.41) is 13.7. The Labute approximate surface area is 116 Å². The monoisotopic (exact) mass is 276 g/mol. The van der Waals surface area contributed by atoms with E-state index < -0.39 is 0 Å². The van der Waals surface area contributed by atoms with E-state index in [1.807, 2.05) is 13.0 Å². The number of aromatic nitrogens is 1. The van der Waals surface area contributed by atoms with Crippen LogP contribution in [0.1, 0.15) is 29.3 Å². The SMILES string of the molecule is Cc1oncc1CN1CC(O)CC1c1cccc(F)c1. The van der Waals surface area contributed by atoms with Crippen LogP contribution in [0.25, 0.3) is 0 Å². The van der Waals surface area contributed by atoms with Gasteiger partial charge in [-0.05, 0) is 31.0 Å². The fourth-order valence-corrected chi connectivity index (χ4v) is 2.80. The average molecular weight is 276 g/mol. The second-order valence-corrected chi connectivity index (χ2v) is 5.30. The molecule has 1 N–H and O–H groups in total. The third kappa shape index (κ3) is 2.59. The molecule has 2 atom stereocenters. The summed E-state index contributed by atoms with van der Waals surface area (Å²) in [6.45, 7) is 3.09. The van der Waals surface area contributed by atoms with Gasteiger partial charge in [-0.1, -0.05) is 17.3 Å². The molecule has 0 saturated carbocycles. The van der Waals surface area contributed by atoms with Gasteiger partial charge in [-0.3, -0.25) is 4.90 Å². The number of hydrogen-bond acceptors (Lipinski definition) is 4. The highest BCUT2D eigenvalue weighted by molar-refractivity contribution is 5.22. The standard InChI is InChI=1S/C15H17FN2O2/c1-10-12(7-17-20-10)8-18-9-14(19)6-15(18)11-3-2-4-13(16)5-11/h2-5,7,14-15,19H,6,8-9H2,1H3. The summed E-state index contributed by atoms with van der Waals surface area (Å²) in [5.41, 5.74) is 1.90. The maximum absolute atomic E-state index is 13.4. The van der Waals surface area contributed by atoms with Crippen LogP contribution < -0.4 is 0 Å². The van der Waals surface area contributed by atoms with E-state index in [0.717, 1.165) is 16.9 Å². The number of likely N-dealkylation sites (tertiary alicyclic amines) is 1. The number of nitrogens with zero attached hydrogens (tertiary/aromatic N) is 2. The van der Waals surface area contributed by atoms with Crippen molar-refractivity contribution >= 4 is 0 Å². The summed E-state index contributed by atoms with van der Waals surface area (Å²) in [5.74, 6) is 0.536. The molecule has 0 amide bonds. The lowest BCUT2D eigenvalue weighted by atomic mass is 10.0. The first-order valence-corrected chi connectivity index (χ1v) is 6.71. The van der Waals surface area contributed by atoms with Crippen LogP contribution in [0.3, 0.4) is 0 Å². The molecule has 2 aromatic rings. The highest BCUT2D eigenvalue weighted by Crippen LogP contribution is 2.33. The second-order valence-electron chi connectivity index (χ2n) is 5.30. The maximum atomic E-state index is 13.4. The van der Waals surface area contributed by atoms with Gasteiger partial charge in [0, 0.05) is 24.7 Å². The number of halogens is 1. The number of benzene rings is 1. The molecule has 1 aromatic carbocycles. The van der Waals surface area contributed by atoms with Gasteiger partial charge in [0.25, 0.3) is 0 Å². The third-order valence-electron chi connectivity index (χ3n) is 3.84. The Morgan fingerprint density at radius 2 is 2.35 bits per heavy atom. The molecule has 0 radical (unpaired) electrons. The van der Waals surface area contributed by atoms with Crippen LogP contribution in [0, 0.1) is 12.7 Å². The largest absolute Gasteiger partial charge is 0.392 e. The number of aliphatic hydroxyl groups is 1. The minimum Gasteiger partial charge on any atom is -0.392 e. The predicted octanol–water partition coefficient (Wildman–Crippen LogP) is 2.43. The lowest BCUT2D eigenvalue weighted by molar-refractivity contribution is 0.172. The van der Waals surface area contributed by atoms with Crippen LogP contribution in [-0.2, 0) is 6.54 Å². The molecule has 3 rings (SSSR count). The Morgan fingerprint density at radius 3 is 3.05 bits per heavy atom. The summed E-state index contributed by atoms with van der Waals surface area (Å²) >= 11 is 0. The molecule has 1 aliphatic heterocycles. The first-order chi connectivity index (χ1) is 9.63. The quantitative estimate of drug-likeness (QED) is 0.935. The Hall–Kier alpha value is -1.72. The minimum absolute atomic E-state index is 0.0231. The first-order valence-electron chi connectivity index (χ1n) is 6.71. The molecule has 0 spiro atoms. The van der Waals surface area contributed by atoms with Crippen molar-refractivity contribution in [2.24, 2.45) is 0 Å². The molecular formula is C15H17FN2O2. The van der Waals surface area contributed by atoms with E-state index in [-0.39, 0.29) is 18.0 Å². The van der Waals surface area contributed by atoms with Crippen LogP contribution in [0.4, 0.5) is 4.39 Å². The van der Waals surface area contributed by atoms with Crippen LogP contribution >= 0.6 is 0 Å². The number of hydrogen-bond donors (Lipinski definition) is 1. The zero-order valence-electron chi connectivity index (χ0n) is 11.3. The fraction of sp³-hybridized carbons (Fsp3) is 0.400. The normalized spacial score (nSPS) is 23.4. The van der Waals surface area contributed by atoms with E-state index in [9.17, 15) is 9.50 Å². The van der Waals surface area contributed by atoms with Crippen LogP contribution in [0.15, 0.2) is 35.0 Å². The smallest absolute Gasteiger partial charge is 0.138 e. The van der Waals surface area contributed by atoms with Gasteiger partial charge in [0.15, 0.2) is 0 Å². The van der Waals surface area contributed by atoms with Gasteiger partial charge in [0.05, 0.1) is 12.3 Å². The number of aryl methyl sites for hydroxylation is 1. The van der Waals surface area contributed by atoms with Gasteiger partial charge in [0.1, 0.15) is 11.6 Å². The second kappa shape index (κ2) is 5.34. The van der Waals surface area contributed by atoms with Crippen molar-refractivity contribution in [1.82, 2.24) is 10.1 Å². The molecule has 106 valence electrons. The molecule has 1 aliphatic rings. The molecule has 0 bridgehead atoms. The molecule has 5 heteroatoms. The number of rotatable bonds is 3. The van der Waals surface area contributed by atoms with Crippen molar-refractivity contribution in [3.63, 3.8) is 0 Å². The first kappa shape index (κ1) is 13.3. The molecule has 1 aromatic heterocycles. The molecule has 20 heavy (non-hydrogen) atoms. The summed E-state index contributed by atoms with van der Waals surface area (Å²) < 4.78 is 18.4. The molecule has 0 aliphatic carbocycles. The van der Waals surface area contributed by atoms with E-state index in [1.165, 1.54) is 12.1 Å². The van der Waals surface area contributed by atoms with Gasteiger partial charge in [-0.2, -0.15) is 0 Å². The molecule has 1 saturated heterocycles. The minimum atomic E-state index is -0.386. The van der Waals surface area contributed by atoms with Crippen molar-refractivity contribution in [3.05, 3.63) is 53.2 Å². The average Bonchev–Trinajstić information content (AvgIpc) is 2.97. The number of β-amino-alcohol motifs (C(OH)–C–C–N with tert-alkyl or cyclic N) is 1. The van der Waals surface area contributed by atoms with Crippen molar-refractivity contribution < 1.29 is 14.0 Å². The summed E-state index contributed by atoms with van der Waals surface area (Å²) in [6.07, 6.45) is 1.93. The highest BCUT2D eigenvalue weighted by Gasteiger charge is 2.32. The van der Waals surface area contributed by atoms with Crippen molar-refractivity contribution in [3.8, 4) is 0 Å². The van der Waals surface area contributed by atoms with Crippen molar-refractivity contribution in [1.29, 1.82) is 0 Å². The van der Waals surface area contributed by atoms with Crippen LogP contribution in [-0.4, -0.2) is 27.8 Å². The predicted molar refractivity (Wildman–Crippen MR) is 71.4 cm³/mol. The van der Waals surface area contributed by atoms with E-state index in [2.05, 4.69) is 10.1 Å². The van der Waals surface area contributed by atoms with E-state index in [4.69, 9.17) is 4.52 Å². The van der Waals surface area contributed by atoms with Crippen molar-refractivity contribution in [2.75, 3.05) is 6.54 Å². The summed E-state index contributed by atoms with van der Waals surface area (Å²) in [6, 6.07) is 6.60. The van der Waals surface area contributed by atoms with E-state index in [0.29, 0.717) is 19.5 Å². The third-order valence-corrected chi connectivity index (χ3v) is 3.84. The zero-order chi connectivity index (χ0) is 14.1. The molecule has 4 nitrogen and oxygen atoms in total. The molecule has 1 fully saturated rings. The lowest BCUT2D eigenvalue weighted by Crippen LogP contribution is -2.24. The molecular weight excluding hydrogens is 259 g/mol. The van der Waals surface area contributed by atoms with Gasteiger partial charge in [-0.25, -0.2) is 4.39 Å². The Kier molecular flexibility index (Phi) is 3.54. The van der Waals surface area contributed by atoms with Crippen LogP contribution in [0.2, 0.25) is 0 Å². The van der Waals surface area contributed by atoms with Crippen molar-refractivity contribution in [2.45, 2.75) is 32.0 Å². The summed E-state index contributed by atoms with van der Waals surface area (Å²) in [7, 11) is 0. The van der Waals surface area contributed by atoms with E-state index in [1.54, 1.807) is 12.3 Å². The summed E-state index contributed by atoms with van der Waals surface area (Å²) in [4.78, 5) is 2.14. The van der Waals surface area contributed by atoms with Gasteiger partial charge < -0.3 is 9.63 Å². The topological polar surface area (TPSA) is 49.5 Å². The molecule has 2 heterocycles. The highest BCUT2D eigenvalue weighted by atomic mass is 19.1. The van der Waals surface area contributed by atoms with Crippen LogP contribution in [0.5, 0.6) is 0 Å². The lowest BCUT2D eigenvalue weighted by Gasteiger charge is -2.24. The van der Waals surface area contributed by atoms with Gasteiger partial charge in [0.2, 0.25) is 0 Å². The maximum Gasteiger partial charge on any atom is 0.138 e. The Morgan fingerprint density at radius 1 is 1.50 bits per heavy atom. The molecule has 2 unspecified atom stereocenters.